The predicted octanol–water partition coefficient (Wildman–Crippen LogP) is 4.50. The van der Waals surface area contributed by atoms with Crippen LogP contribution in [0.25, 0.3) is 11.5 Å². The van der Waals surface area contributed by atoms with Crippen molar-refractivity contribution in [3.05, 3.63) is 66.1 Å². The second-order valence-electron chi connectivity index (χ2n) is 7.58. The van der Waals surface area contributed by atoms with Crippen molar-refractivity contribution >= 4 is 17.7 Å². The van der Waals surface area contributed by atoms with Crippen LogP contribution in [-0.2, 0) is 9.53 Å². The van der Waals surface area contributed by atoms with Crippen molar-refractivity contribution < 1.29 is 18.7 Å². The van der Waals surface area contributed by atoms with Gasteiger partial charge in [-0.05, 0) is 44.0 Å². The van der Waals surface area contributed by atoms with Gasteiger partial charge in [0.15, 0.2) is 6.10 Å². The monoisotopic (exact) mass is 422 g/mol. The van der Waals surface area contributed by atoms with Crippen LogP contribution in [0.5, 0.6) is 0 Å². The fourth-order valence-electron chi connectivity index (χ4n) is 2.84. The van der Waals surface area contributed by atoms with Crippen molar-refractivity contribution in [3.8, 4) is 11.5 Å². The number of anilines is 1. The van der Waals surface area contributed by atoms with Crippen molar-refractivity contribution in [2.75, 3.05) is 5.32 Å². The first-order valence-electron chi connectivity index (χ1n) is 10.1. The highest BCUT2D eigenvalue weighted by atomic mass is 16.6. The minimum absolute atomic E-state index is 0.181. The van der Waals surface area contributed by atoms with E-state index in [1.54, 1.807) is 31.2 Å². The normalized spacial score (nSPS) is 12.8. The molecular weight excluding hydrogens is 396 g/mol. The van der Waals surface area contributed by atoms with Gasteiger partial charge in [0.2, 0.25) is 5.89 Å². The van der Waals surface area contributed by atoms with E-state index in [9.17, 15) is 9.59 Å². The van der Waals surface area contributed by atoms with Crippen LogP contribution in [0.4, 0.5) is 10.5 Å². The van der Waals surface area contributed by atoms with Crippen LogP contribution in [0.2, 0.25) is 0 Å². The Bertz CT molecular complexity index is 1020. The van der Waals surface area contributed by atoms with Crippen LogP contribution in [0, 0.1) is 12.8 Å². The van der Waals surface area contributed by atoms with Crippen LogP contribution in [0.15, 0.2) is 59.0 Å². The predicted molar refractivity (Wildman–Crippen MR) is 116 cm³/mol. The van der Waals surface area contributed by atoms with Crippen LogP contribution >= 0.6 is 0 Å². The number of carbonyl (C=O) groups excluding carboxylic acids is 2. The summed E-state index contributed by atoms with van der Waals surface area (Å²) in [6.45, 7) is 7.28. The molecule has 8 heteroatoms. The summed E-state index contributed by atoms with van der Waals surface area (Å²) in [4.78, 5) is 25.0. The minimum Gasteiger partial charge on any atom is -0.451 e. The molecule has 0 fully saturated rings. The summed E-state index contributed by atoms with van der Waals surface area (Å²) < 4.78 is 11.2. The molecule has 8 nitrogen and oxygen atoms in total. The third kappa shape index (κ3) is 5.91. The number of aryl methyl sites for hydroxylation is 1. The molecule has 162 valence electrons. The third-order valence-corrected chi connectivity index (χ3v) is 4.62. The average molecular weight is 422 g/mol. The van der Waals surface area contributed by atoms with Gasteiger partial charge in [0.05, 0.1) is 0 Å². The largest absolute Gasteiger partial charge is 0.451 e. The van der Waals surface area contributed by atoms with Crippen molar-refractivity contribution in [3.63, 3.8) is 0 Å². The van der Waals surface area contributed by atoms with Gasteiger partial charge >= 0.3 is 12.0 Å². The first-order chi connectivity index (χ1) is 14.8. The topological polar surface area (TPSA) is 106 Å². The molecule has 3 aromatic rings. The molecule has 3 rings (SSSR count). The number of benzene rings is 2. The molecule has 0 saturated heterocycles. The maximum atomic E-state index is 12.7. The fraction of sp³-hybridized carbons (Fsp3) is 0.304. The molecule has 0 spiro atoms. The fourth-order valence-corrected chi connectivity index (χ4v) is 2.84. The van der Waals surface area contributed by atoms with Gasteiger partial charge in [0.1, 0.15) is 6.04 Å². The number of nitrogens with zero attached hydrogens (tertiary/aromatic N) is 2. The summed E-state index contributed by atoms with van der Waals surface area (Å²) >= 11 is 0. The number of hydrogen-bond acceptors (Lipinski definition) is 6. The van der Waals surface area contributed by atoms with E-state index < -0.39 is 24.1 Å². The van der Waals surface area contributed by atoms with E-state index in [2.05, 4.69) is 20.8 Å². The Morgan fingerprint density at radius 3 is 2.29 bits per heavy atom. The molecule has 0 aliphatic carbocycles. The lowest BCUT2D eigenvalue weighted by Gasteiger charge is -2.22. The Labute approximate surface area is 181 Å². The third-order valence-electron chi connectivity index (χ3n) is 4.62. The zero-order valence-electron chi connectivity index (χ0n) is 18.0. The second-order valence-corrected chi connectivity index (χ2v) is 7.58. The zero-order chi connectivity index (χ0) is 22.4. The van der Waals surface area contributed by atoms with E-state index >= 15 is 0 Å². The Hall–Kier alpha value is -3.68. The molecule has 0 aliphatic rings. The van der Waals surface area contributed by atoms with Gasteiger partial charge < -0.3 is 19.8 Å². The summed E-state index contributed by atoms with van der Waals surface area (Å²) in [5.74, 6) is -0.244. The lowest BCUT2D eigenvalue weighted by atomic mass is 10.1. The van der Waals surface area contributed by atoms with E-state index in [1.165, 1.54) is 0 Å². The number of aromatic nitrogens is 2. The van der Waals surface area contributed by atoms with Gasteiger partial charge in [0, 0.05) is 11.3 Å². The standard InChI is InChI=1S/C23H26N4O4/c1-14(2)19(25-23(29)24-18-8-6-5-7-9-18)22(28)30-16(4)20-26-27-21(31-20)17-12-10-15(3)11-13-17/h5-14,16,19H,1-4H3,(H2,24,25,29)/t16-,19+/m0/s1. The average Bonchev–Trinajstić information content (AvgIpc) is 3.23. The van der Waals surface area contributed by atoms with Crippen molar-refractivity contribution in [1.82, 2.24) is 15.5 Å². The van der Waals surface area contributed by atoms with Crippen LogP contribution in [0.1, 0.15) is 38.3 Å². The second kappa shape index (κ2) is 9.88. The van der Waals surface area contributed by atoms with E-state index in [-0.39, 0.29) is 11.8 Å². The van der Waals surface area contributed by atoms with Gasteiger partial charge in [-0.3, -0.25) is 0 Å². The highest BCUT2D eigenvalue weighted by Crippen LogP contribution is 2.23. The molecule has 0 radical (unpaired) electrons. The number of para-hydroxylation sites is 1. The highest BCUT2D eigenvalue weighted by molar-refractivity contribution is 5.92. The summed E-state index contributed by atoms with van der Waals surface area (Å²) in [6, 6.07) is 15.3. The Morgan fingerprint density at radius 1 is 0.968 bits per heavy atom. The first kappa shape index (κ1) is 22.0. The van der Waals surface area contributed by atoms with Crippen LogP contribution in [0.3, 0.4) is 0 Å². The molecule has 1 aromatic heterocycles. The molecular formula is C23H26N4O4. The van der Waals surface area contributed by atoms with Gasteiger partial charge in [-0.25, -0.2) is 9.59 Å². The van der Waals surface area contributed by atoms with E-state index in [1.807, 2.05) is 51.1 Å². The summed E-state index contributed by atoms with van der Waals surface area (Å²) in [5, 5.41) is 13.4. The van der Waals surface area contributed by atoms with Gasteiger partial charge in [0.25, 0.3) is 5.89 Å². The smallest absolute Gasteiger partial charge is 0.329 e. The maximum Gasteiger partial charge on any atom is 0.329 e. The number of rotatable bonds is 7. The van der Waals surface area contributed by atoms with Crippen molar-refractivity contribution in [1.29, 1.82) is 0 Å². The number of hydrogen-bond donors (Lipinski definition) is 2. The summed E-state index contributed by atoms with van der Waals surface area (Å²) in [6.07, 6.45) is -0.764. The molecule has 0 saturated carbocycles. The number of nitrogens with one attached hydrogen (secondary N) is 2. The lowest BCUT2D eigenvalue weighted by Crippen LogP contribution is -2.47. The van der Waals surface area contributed by atoms with Crippen molar-refractivity contribution in [2.24, 2.45) is 5.92 Å². The molecule has 1 heterocycles. The van der Waals surface area contributed by atoms with E-state index in [0.29, 0.717) is 11.6 Å². The van der Waals surface area contributed by atoms with Gasteiger partial charge in [-0.1, -0.05) is 49.7 Å². The molecule has 2 aromatic carbocycles. The molecule has 0 aliphatic heterocycles. The molecule has 31 heavy (non-hydrogen) atoms. The number of ether oxygens (including phenoxy) is 1. The summed E-state index contributed by atoms with van der Waals surface area (Å²) in [5.41, 5.74) is 2.52. The van der Waals surface area contributed by atoms with Gasteiger partial charge in [-0.2, -0.15) is 0 Å². The zero-order valence-corrected chi connectivity index (χ0v) is 18.0. The number of esters is 1. The maximum absolute atomic E-state index is 12.7. The van der Waals surface area contributed by atoms with E-state index in [4.69, 9.17) is 9.15 Å². The number of carbonyl (C=O) groups is 2. The van der Waals surface area contributed by atoms with Crippen LogP contribution < -0.4 is 10.6 Å². The first-order valence-corrected chi connectivity index (χ1v) is 10.1. The summed E-state index contributed by atoms with van der Waals surface area (Å²) in [7, 11) is 0. The number of amides is 2. The number of urea groups is 1. The quantitative estimate of drug-likeness (QED) is 0.543. The molecule has 2 N–H and O–H groups in total. The molecule has 2 atom stereocenters. The van der Waals surface area contributed by atoms with E-state index in [0.717, 1.165) is 11.1 Å². The SMILES string of the molecule is Cc1ccc(-c2nnc([C@H](C)OC(=O)[C@H](NC(=O)Nc3ccccc3)C(C)C)o2)cc1. The van der Waals surface area contributed by atoms with Gasteiger partial charge in [-0.15, -0.1) is 10.2 Å². The Balaban J connectivity index is 1.62. The molecule has 2 amide bonds. The van der Waals surface area contributed by atoms with Crippen molar-refractivity contribution in [2.45, 2.75) is 39.8 Å². The minimum atomic E-state index is -0.842. The Kier molecular flexibility index (Phi) is 7.02. The molecule has 0 bridgehead atoms. The molecule has 0 unspecified atom stereocenters. The highest BCUT2D eigenvalue weighted by Gasteiger charge is 2.29. The lowest BCUT2D eigenvalue weighted by molar-refractivity contribution is -0.153. The van der Waals surface area contributed by atoms with Crippen LogP contribution in [-0.4, -0.2) is 28.2 Å². The Morgan fingerprint density at radius 2 is 1.65 bits per heavy atom.